The van der Waals surface area contributed by atoms with Crippen molar-refractivity contribution in [1.29, 1.82) is 0 Å². The maximum Gasteiger partial charge on any atom is 0.227 e. The van der Waals surface area contributed by atoms with E-state index in [9.17, 15) is 5.11 Å². The lowest BCUT2D eigenvalue weighted by Gasteiger charge is -2.29. The van der Waals surface area contributed by atoms with E-state index in [1.165, 1.54) is 0 Å². The fourth-order valence-corrected chi connectivity index (χ4v) is 3.84. The second-order valence-electron chi connectivity index (χ2n) is 8.74. The van der Waals surface area contributed by atoms with Crippen LogP contribution in [0.25, 0.3) is 11.2 Å². The molecule has 2 aromatic heterocycles. The van der Waals surface area contributed by atoms with E-state index in [1.54, 1.807) is 20.2 Å². The van der Waals surface area contributed by atoms with Gasteiger partial charge in [0.1, 0.15) is 0 Å². The first kappa shape index (κ1) is 22.5. The van der Waals surface area contributed by atoms with Crippen molar-refractivity contribution in [2.24, 2.45) is 0 Å². The second-order valence-corrected chi connectivity index (χ2v) is 8.74. The van der Waals surface area contributed by atoms with Crippen molar-refractivity contribution < 1.29 is 5.11 Å². The van der Waals surface area contributed by atoms with Gasteiger partial charge < -0.3 is 26.0 Å². The van der Waals surface area contributed by atoms with Gasteiger partial charge in [-0.25, -0.2) is 4.98 Å². The standard InChI is InChI=1S/C25H31N7O/c1-4-20(25(2,3)33)29-24-30-22(27-14-18-12-8-9-13-19(18)26)21-23(31-24)32(16-28-21)15-17-10-6-5-7-11-17/h5-13,16,20,33H,4,14-15,26H2,1-3H3,(H2,27,29,30,31). The van der Waals surface area contributed by atoms with Crippen LogP contribution in [0.5, 0.6) is 0 Å². The Morgan fingerprint density at radius 3 is 2.48 bits per heavy atom. The van der Waals surface area contributed by atoms with Crippen LogP contribution < -0.4 is 16.4 Å². The van der Waals surface area contributed by atoms with Gasteiger partial charge in [0.05, 0.1) is 24.5 Å². The fourth-order valence-electron chi connectivity index (χ4n) is 3.84. The van der Waals surface area contributed by atoms with E-state index >= 15 is 0 Å². The second kappa shape index (κ2) is 9.46. The van der Waals surface area contributed by atoms with E-state index < -0.39 is 5.60 Å². The number of anilines is 3. The predicted octanol–water partition coefficient (Wildman–Crippen LogP) is 4.03. The van der Waals surface area contributed by atoms with Crippen molar-refractivity contribution in [3.63, 3.8) is 0 Å². The maximum atomic E-state index is 10.5. The Balaban J connectivity index is 1.71. The van der Waals surface area contributed by atoms with Crippen LogP contribution in [0.1, 0.15) is 38.3 Å². The molecule has 0 saturated carbocycles. The molecule has 5 N–H and O–H groups in total. The number of imidazole rings is 1. The molecule has 2 heterocycles. The summed E-state index contributed by atoms with van der Waals surface area (Å²) in [4.78, 5) is 14.1. The molecule has 0 bridgehead atoms. The zero-order chi connectivity index (χ0) is 23.4. The highest BCUT2D eigenvalue weighted by Gasteiger charge is 2.26. The minimum atomic E-state index is -0.927. The van der Waals surface area contributed by atoms with Gasteiger partial charge >= 0.3 is 0 Å². The van der Waals surface area contributed by atoms with Crippen LogP contribution in [0, 0.1) is 0 Å². The summed E-state index contributed by atoms with van der Waals surface area (Å²) < 4.78 is 2.00. The molecule has 8 nitrogen and oxygen atoms in total. The number of nitrogen functional groups attached to an aromatic ring is 1. The third-order valence-electron chi connectivity index (χ3n) is 5.73. The average Bonchev–Trinajstić information content (AvgIpc) is 3.19. The molecular weight excluding hydrogens is 414 g/mol. The molecular formula is C25H31N7O. The molecule has 0 spiro atoms. The summed E-state index contributed by atoms with van der Waals surface area (Å²) in [7, 11) is 0. The van der Waals surface area contributed by atoms with Crippen LogP contribution >= 0.6 is 0 Å². The van der Waals surface area contributed by atoms with Crippen molar-refractivity contribution >= 4 is 28.6 Å². The highest BCUT2D eigenvalue weighted by Crippen LogP contribution is 2.25. The summed E-state index contributed by atoms with van der Waals surface area (Å²) in [6.45, 7) is 6.73. The molecule has 0 aliphatic carbocycles. The molecule has 172 valence electrons. The topological polar surface area (TPSA) is 114 Å². The highest BCUT2D eigenvalue weighted by atomic mass is 16.3. The lowest BCUT2D eigenvalue weighted by molar-refractivity contribution is 0.0577. The molecule has 1 unspecified atom stereocenters. The molecule has 4 aromatic rings. The molecule has 0 aliphatic heterocycles. The quantitative estimate of drug-likeness (QED) is 0.288. The molecule has 0 aliphatic rings. The summed E-state index contributed by atoms with van der Waals surface area (Å²) in [5.74, 6) is 1.05. The minimum Gasteiger partial charge on any atom is -0.398 e. The van der Waals surface area contributed by atoms with Gasteiger partial charge in [-0.15, -0.1) is 0 Å². The van der Waals surface area contributed by atoms with E-state index in [4.69, 9.17) is 15.7 Å². The van der Waals surface area contributed by atoms with Gasteiger partial charge in [0.15, 0.2) is 17.0 Å². The van der Waals surface area contributed by atoms with E-state index in [0.717, 1.165) is 23.2 Å². The summed E-state index contributed by atoms with van der Waals surface area (Å²) in [5, 5.41) is 17.2. The number of benzene rings is 2. The normalized spacial score (nSPS) is 12.6. The lowest BCUT2D eigenvalue weighted by atomic mass is 9.97. The van der Waals surface area contributed by atoms with Gasteiger partial charge in [0.25, 0.3) is 0 Å². The SMILES string of the molecule is CCC(Nc1nc(NCc2ccccc2N)c2ncn(Cc3ccccc3)c2n1)C(C)(C)O. The number of hydrogen-bond donors (Lipinski definition) is 4. The molecule has 0 radical (unpaired) electrons. The Kier molecular flexibility index (Phi) is 6.46. The molecule has 0 saturated heterocycles. The Morgan fingerprint density at radius 1 is 1.06 bits per heavy atom. The van der Waals surface area contributed by atoms with E-state index in [-0.39, 0.29) is 6.04 Å². The summed E-state index contributed by atoms with van der Waals surface area (Å²) >= 11 is 0. The molecule has 4 rings (SSSR count). The first-order chi connectivity index (χ1) is 15.8. The monoisotopic (exact) mass is 445 g/mol. The third kappa shape index (κ3) is 5.23. The largest absolute Gasteiger partial charge is 0.398 e. The Hall–Kier alpha value is -3.65. The van der Waals surface area contributed by atoms with Crippen molar-refractivity contribution in [3.05, 3.63) is 72.1 Å². The van der Waals surface area contributed by atoms with Crippen LogP contribution in [0.3, 0.4) is 0 Å². The van der Waals surface area contributed by atoms with Crippen LogP contribution in [0.2, 0.25) is 0 Å². The predicted molar refractivity (Wildman–Crippen MR) is 133 cm³/mol. The molecule has 0 fully saturated rings. The van der Waals surface area contributed by atoms with Crippen LogP contribution in [-0.2, 0) is 13.1 Å². The number of rotatable bonds is 9. The zero-order valence-corrected chi connectivity index (χ0v) is 19.3. The third-order valence-corrected chi connectivity index (χ3v) is 5.73. The lowest BCUT2D eigenvalue weighted by Crippen LogP contribution is -2.41. The number of aliphatic hydroxyl groups is 1. The van der Waals surface area contributed by atoms with E-state index in [2.05, 4.69) is 27.8 Å². The molecule has 0 amide bonds. The Bertz CT molecular complexity index is 1210. The van der Waals surface area contributed by atoms with E-state index in [1.807, 2.05) is 54.0 Å². The smallest absolute Gasteiger partial charge is 0.227 e. The molecule has 1 atom stereocenters. The van der Waals surface area contributed by atoms with Gasteiger partial charge in [-0.1, -0.05) is 55.5 Å². The zero-order valence-electron chi connectivity index (χ0n) is 19.3. The Morgan fingerprint density at radius 2 is 1.79 bits per heavy atom. The van der Waals surface area contributed by atoms with Gasteiger partial charge in [0, 0.05) is 12.2 Å². The van der Waals surface area contributed by atoms with Gasteiger partial charge in [0.2, 0.25) is 5.95 Å². The van der Waals surface area contributed by atoms with Crippen molar-refractivity contribution in [1.82, 2.24) is 19.5 Å². The highest BCUT2D eigenvalue weighted by molar-refractivity contribution is 5.84. The minimum absolute atomic E-state index is 0.210. The first-order valence-electron chi connectivity index (χ1n) is 11.2. The van der Waals surface area contributed by atoms with Gasteiger partial charge in [-0.05, 0) is 37.5 Å². The van der Waals surface area contributed by atoms with Crippen LogP contribution in [0.15, 0.2) is 60.9 Å². The van der Waals surface area contributed by atoms with Crippen LogP contribution in [0.4, 0.5) is 17.5 Å². The number of nitrogens with one attached hydrogen (secondary N) is 2. The van der Waals surface area contributed by atoms with Gasteiger partial charge in [-0.3, -0.25) is 0 Å². The van der Waals surface area contributed by atoms with Crippen molar-refractivity contribution in [2.75, 3.05) is 16.4 Å². The number of hydrogen-bond acceptors (Lipinski definition) is 7. The fraction of sp³-hybridized carbons (Fsp3) is 0.320. The number of aromatic nitrogens is 4. The molecule has 8 heteroatoms. The number of para-hydroxylation sites is 1. The summed E-state index contributed by atoms with van der Waals surface area (Å²) in [5.41, 5.74) is 9.43. The van der Waals surface area contributed by atoms with Gasteiger partial charge in [-0.2, -0.15) is 9.97 Å². The van der Waals surface area contributed by atoms with E-state index in [0.29, 0.717) is 36.0 Å². The van der Waals surface area contributed by atoms with Crippen molar-refractivity contribution in [3.8, 4) is 0 Å². The maximum absolute atomic E-state index is 10.5. The van der Waals surface area contributed by atoms with Crippen LogP contribution in [-0.4, -0.2) is 36.3 Å². The number of nitrogens with two attached hydrogens (primary N) is 1. The van der Waals surface area contributed by atoms with Crippen molar-refractivity contribution in [2.45, 2.75) is 51.9 Å². The summed E-state index contributed by atoms with van der Waals surface area (Å²) in [6, 6.07) is 17.7. The first-order valence-corrected chi connectivity index (χ1v) is 11.2. The Labute approximate surface area is 193 Å². The number of fused-ring (bicyclic) bond motifs is 1. The molecule has 33 heavy (non-hydrogen) atoms. The number of nitrogens with zero attached hydrogens (tertiary/aromatic N) is 4. The summed E-state index contributed by atoms with van der Waals surface area (Å²) in [6.07, 6.45) is 2.50. The molecule has 2 aromatic carbocycles. The average molecular weight is 446 g/mol.